The summed E-state index contributed by atoms with van der Waals surface area (Å²) >= 11 is 5.91. The van der Waals surface area contributed by atoms with E-state index in [0.717, 1.165) is 11.3 Å². The first kappa shape index (κ1) is 12.6. The molecule has 0 aliphatic rings. The van der Waals surface area contributed by atoms with Crippen LogP contribution in [-0.4, -0.2) is 32.4 Å². The van der Waals surface area contributed by atoms with Crippen molar-refractivity contribution in [2.24, 2.45) is 5.10 Å². The number of ether oxygens (including phenoxy) is 1. The maximum Gasteiger partial charge on any atom is 0.126 e. The second kappa shape index (κ2) is 6.18. The first-order valence-corrected chi connectivity index (χ1v) is 5.23. The van der Waals surface area contributed by atoms with E-state index >= 15 is 0 Å². The molecule has 0 heterocycles. The molecule has 86 valence electrons. The van der Waals surface area contributed by atoms with Crippen LogP contribution in [0.1, 0.15) is 5.56 Å². The number of allylic oxidation sites excluding steroid dienone is 1. The van der Waals surface area contributed by atoms with Crippen LogP contribution in [0.4, 0.5) is 0 Å². The Morgan fingerprint density at radius 3 is 2.75 bits per heavy atom. The molecule has 0 N–H and O–H groups in total. The van der Waals surface area contributed by atoms with E-state index in [2.05, 4.69) is 5.10 Å². The van der Waals surface area contributed by atoms with Crippen molar-refractivity contribution < 1.29 is 4.74 Å². The molecule has 1 aromatic rings. The Morgan fingerprint density at radius 2 is 2.12 bits per heavy atom. The number of methoxy groups -OCH3 is 1. The molecule has 3 nitrogen and oxygen atoms in total. The van der Waals surface area contributed by atoms with E-state index in [1.807, 2.05) is 38.4 Å². The van der Waals surface area contributed by atoms with Gasteiger partial charge >= 0.3 is 0 Å². The largest absolute Gasteiger partial charge is 0.496 e. The summed E-state index contributed by atoms with van der Waals surface area (Å²) in [5.41, 5.74) is 0.931. The molecule has 0 bridgehead atoms. The first-order chi connectivity index (χ1) is 7.63. The van der Waals surface area contributed by atoms with Crippen molar-refractivity contribution in [2.45, 2.75) is 0 Å². The van der Waals surface area contributed by atoms with Gasteiger partial charge in [0, 0.05) is 30.9 Å². The minimum absolute atomic E-state index is 0.685. The van der Waals surface area contributed by atoms with E-state index in [-0.39, 0.29) is 0 Å². The number of nitrogens with zero attached hydrogens (tertiary/aromatic N) is 2. The van der Waals surface area contributed by atoms with E-state index < -0.39 is 0 Å². The molecular weight excluding hydrogens is 224 g/mol. The van der Waals surface area contributed by atoms with Gasteiger partial charge in [0.15, 0.2) is 0 Å². The van der Waals surface area contributed by atoms with E-state index in [4.69, 9.17) is 16.3 Å². The van der Waals surface area contributed by atoms with Crippen LogP contribution in [0, 0.1) is 0 Å². The molecule has 4 heteroatoms. The van der Waals surface area contributed by atoms with E-state index in [9.17, 15) is 0 Å². The predicted octanol–water partition coefficient (Wildman–Crippen LogP) is 2.91. The standard InChI is InChI=1S/C12H15ClN2O/c1-15(2)14-8-4-5-10-9-11(13)6-7-12(10)16-3/h4-9H,1-3H3/b5-4+,14-8+. The summed E-state index contributed by atoms with van der Waals surface area (Å²) in [6, 6.07) is 5.48. The molecule has 0 unspecified atom stereocenters. The van der Waals surface area contributed by atoms with Crippen LogP contribution in [0.3, 0.4) is 0 Å². The Balaban J connectivity index is 2.83. The van der Waals surface area contributed by atoms with E-state index in [1.165, 1.54) is 0 Å². The highest BCUT2D eigenvalue weighted by Gasteiger charge is 1.99. The second-order valence-corrected chi connectivity index (χ2v) is 3.79. The van der Waals surface area contributed by atoms with Crippen molar-refractivity contribution in [1.82, 2.24) is 5.01 Å². The second-order valence-electron chi connectivity index (χ2n) is 3.36. The lowest BCUT2D eigenvalue weighted by Crippen LogP contribution is -2.00. The van der Waals surface area contributed by atoms with Crippen molar-refractivity contribution in [3.63, 3.8) is 0 Å². The Labute approximate surface area is 101 Å². The quantitative estimate of drug-likeness (QED) is 0.595. The maximum absolute atomic E-state index is 5.91. The summed E-state index contributed by atoms with van der Waals surface area (Å²) in [4.78, 5) is 0. The number of halogens is 1. The minimum Gasteiger partial charge on any atom is -0.496 e. The summed E-state index contributed by atoms with van der Waals surface area (Å²) in [5, 5.41) is 6.47. The Kier molecular flexibility index (Phi) is 4.86. The van der Waals surface area contributed by atoms with Gasteiger partial charge in [-0.05, 0) is 30.4 Å². The number of rotatable bonds is 4. The van der Waals surface area contributed by atoms with Crippen molar-refractivity contribution in [3.8, 4) is 5.75 Å². The van der Waals surface area contributed by atoms with E-state index in [1.54, 1.807) is 24.4 Å². The summed E-state index contributed by atoms with van der Waals surface area (Å²) < 4.78 is 5.21. The fourth-order valence-electron chi connectivity index (χ4n) is 1.15. The molecule has 0 spiro atoms. The molecule has 0 fully saturated rings. The Hall–Kier alpha value is -1.48. The fraction of sp³-hybridized carbons (Fsp3) is 0.250. The molecule has 1 rings (SSSR count). The third-order valence-corrected chi connectivity index (χ3v) is 2.09. The van der Waals surface area contributed by atoms with Gasteiger partial charge in [-0.2, -0.15) is 5.10 Å². The van der Waals surface area contributed by atoms with E-state index in [0.29, 0.717) is 5.02 Å². The number of hydrazone groups is 1. The summed E-state index contributed by atoms with van der Waals surface area (Å²) in [6.07, 6.45) is 5.45. The van der Waals surface area contributed by atoms with Gasteiger partial charge in [0.2, 0.25) is 0 Å². The molecule has 0 aromatic heterocycles. The van der Waals surface area contributed by atoms with Crippen LogP contribution in [0.2, 0.25) is 5.02 Å². The summed E-state index contributed by atoms with van der Waals surface area (Å²) in [7, 11) is 5.36. The van der Waals surface area contributed by atoms with Gasteiger partial charge in [-0.15, -0.1) is 0 Å². The predicted molar refractivity (Wildman–Crippen MR) is 69.2 cm³/mol. The van der Waals surface area contributed by atoms with Gasteiger partial charge in [0.1, 0.15) is 5.75 Å². The average Bonchev–Trinajstić information content (AvgIpc) is 2.24. The monoisotopic (exact) mass is 238 g/mol. The van der Waals surface area contributed by atoms with Gasteiger partial charge in [-0.1, -0.05) is 11.6 Å². The molecule has 0 radical (unpaired) electrons. The van der Waals surface area contributed by atoms with Crippen LogP contribution in [0.25, 0.3) is 6.08 Å². The highest BCUT2D eigenvalue weighted by Crippen LogP contribution is 2.23. The van der Waals surface area contributed by atoms with Crippen LogP contribution >= 0.6 is 11.6 Å². The molecule has 0 aliphatic carbocycles. The molecule has 0 amide bonds. The zero-order valence-corrected chi connectivity index (χ0v) is 10.4. The average molecular weight is 239 g/mol. The smallest absolute Gasteiger partial charge is 0.126 e. The molecule has 1 aromatic carbocycles. The number of hydrogen-bond acceptors (Lipinski definition) is 3. The third-order valence-electron chi connectivity index (χ3n) is 1.85. The fourth-order valence-corrected chi connectivity index (χ4v) is 1.33. The van der Waals surface area contributed by atoms with Crippen LogP contribution in [-0.2, 0) is 0 Å². The normalized spacial score (nSPS) is 11.2. The zero-order valence-electron chi connectivity index (χ0n) is 9.64. The van der Waals surface area contributed by atoms with Crippen LogP contribution in [0.15, 0.2) is 29.4 Å². The zero-order chi connectivity index (χ0) is 12.0. The third kappa shape index (κ3) is 3.95. The molecule has 0 atom stereocenters. The van der Waals surface area contributed by atoms with Gasteiger partial charge in [-0.25, -0.2) is 0 Å². The highest BCUT2D eigenvalue weighted by atomic mass is 35.5. The SMILES string of the molecule is COc1ccc(Cl)cc1/C=C/C=N/N(C)C. The van der Waals surface area contributed by atoms with Crippen LogP contribution < -0.4 is 4.74 Å². The maximum atomic E-state index is 5.91. The lowest BCUT2D eigenvalue weighted by molar-refractivity contribution is 0.414. The minimum atomic E-state index is 0.685. The molecule has 0 saturated carbocycles. The Bertz CT molecular complexity index is 400. The lowest BCUT2D eigenvalue weighted by Gasteiger charge is -2.04. The summed E-state index contributed by atoms with van der Waals surface area (Å²) in [5.74, 6) is 0.791. The highest BCUT2D eigenvalue weighted by molar-refractivity contribution is 6.30. The molecule has 16 heavy (non-hydrogen) atoms. The topological polar surface area (TPSA) is 24.8 Å². The van der Waals surface area contributed by atoms with Gasteiger partial charge in [0.25, 0.3) is 0 Å². The lowest BCUT2D eigenvalue weighted by atomic mass is 10.2. The van der Waals surface area contributed by atoms with Crippen molar-refractivity contribution in [1.29, 1.82) is 0 Å². The molecule has 0 saturated heterocycles. The Morgan fingerprint density at radius 1 is 1.38 bits per heavy atom. The summed E-state index contributed by atoms with van der Waals surface area (Å²) in [6.45, 7) is 0. The van der Waals surface area contributed by atoms with Crippen molar-refractivity contribution in [2.75, 3.05) is 21.2 Å². The first-order valence-electron chi connectivity index (χ1n) is 4.85. The molecule has 0 aliphatic heterocycles. The van der Waals surface area contributed by atoms with Gasteiger partial charge < -0.3 is 9.75 Å². The van der Waals surface area contributed by atoms with Gasteiger partial charge in [-0.3, -0.25) is 0 Å². The number of hydrogen-bond donors (Lipinski definition) is 0. The van der Waals surface area contributed by atoms with Crippen molar-refractivity contribution >= 4 is 23.9 Å². The van der Waals surface area contributed by atoms with Gasteiger partial charge in [0.05, 0.1) is 7.11 Å². The van der Waals surface area contributed by atoms with Crippen molar-refractivity contribution in [3.05, 3.63) is 34.9 Å². The van der Waals surface area contributed by atoms with Crippen LogP contribution in [0.5, 0.6) is 5.75 Å². The number of benzene rings is 1. The molecular formula is C12H15ClN2O.